The van der Waals surface area contributed by atoms with E-state index in [1.807, 2.05) is 41.3 Å². The highest BCUT2D eigenvalue weighted by Crippen LogP contribution is 2.60. The van der Waals surface area contributed by atoms with Crippen LogP contribution >= 0.6 is 11.8 Å². The SMILES string of the molecule is COc1ccc(C(=O)N2CC(C)(C)SC23C(=O)N(Cc2ccccc2C)c2ccccc23)cc1. The molecule has 3 aromatic carbocycles. The highest BCUT2D eigenvalue weighted by Gasteiger charge is 2.63. The molecule has 6 heteroatoms. The number of thioether (sulfide) groups is 1. The van der Waals surface area contributed by atoms with Crippen molar-refractivity contribution in [1.82, 2.24) is 4.90 Å². The van der Waals surface area contributed by atoms with Gasteiger partial charge in [0.1, 0.15) is 5.75 Å². The Balaban J connectivity index is 1.61. The molecule has 0 bridgehead atoms. The molecule has 5 nitrogen and oxygen atoms in total. The van der Waals surface area contributed by atoms with Crippen LogP contribution in [0.1, 0.15) is 40.9 Å². The quantitative estimate of drug-likeness (QED) is 0.512. The Morgan fingerprint density at radius 3 is 2.38 bits per heavy atom. The van der Waals surface area contributed by atoms with Gasteiger partial charge in [-0.1, -0.05) is 42.5 Å². The molecule has 174 valence electrons. The van der Waals surface area contributed by atoms with E-state index < -0.39 is 4.87 Å². The lowest BCUT2D eigenvalue weighted by Gasteiger charge is -2.33. The third kappa shape index (κ3) is 3.48. The summed E-state index contributed by atoms with van der Waals surface area (Å²) < 4.78 is 4.97. The van der Waals surface area contributed by atoms with Gasteiger partial charge in [-0.15, -0.1) is 11.8 Å². The summed E-state index contributed by atoms with van der Waals surface area (Å²) in [7, 11) is 1.60. The Bertz CT molecular complexity index is 1270. The van der Waals surface area contributed by atoms with Crippen molar-refractivity contribution in [3.63, 3.8) is 0 Å². The predicted octanol–water partition coefficient (Wildman–Crippen LogP) is 5.37. The lowest BCUT2D eigenvalue weighted by Crippen LogP contribution is -2.50. The average molecular weight is 473 g/mol. The Kier molecular flexibility index (Phi) is 5.44. The zero-order valence-electron chi connectivity index (χ0n) is 19.9. The first-order valence-corrected chi connectivity index (χ1v) is 12.2. The molecule has 1 spiro atoms. The summed E-state index contributed by atoms with van der Waals surface area (Å²) in [6.07, 6.45) is 0. The molecule has 0 aliphatic carbocycles. The van der Waals surface area contributed by atoms with Gasteiger partial charge in [-0.3, -0.25) is 9.59 Å². The van der Waals surface area contributed by atoms with E-state index in [0.717, 1.165) is 22.4 Å². The predicted molar refractivity (Wildman–Crippen MR) is 136 cm³/mol. The summed E-state index contributed by atoms with van der Waals surface area (Å²) in [6, 6.07) is 23.1. The molecular formula is C28H28N2O3S. The minimum absolute atomic E-state index is 0.0608. The van der Waals surface area contributed by atoms with E-state index in [9.17, 15) is 9.59 Å². The number of carbonyl (C=O) groups excluding carboxylic acids is 2. The van der Waals surface area contributed by atoms with Crippen molar-refractivity contribution in [2.45, 2.75) is 36.9 Å². The third-order valence-corrected chi connectivity index (χ3v) is 8.20. The van der Waals surface area contributed by atoms with Gasteiger partial charge in [0.05, 0.1) is 19.3 Å². The van der Waals surface area contributed by atoms with Gasteiger partial charge in [0.15, 0.2) is 4.87 Å². The van der Waals surface area contributed by atoms with Crippen LogP contribution in [-0.4, -0.2) is 35.1 Å². The topological polar surface area (TPSA) is 49.9 Å². The van der Waals surface area contributed by atoms with E-state index in [0.29, 0.717) is 24.4 Å². The number of rotatable bonds is 4. The van der Waals surface area contributed by atoms with Gasteiger partial charge < -0.3 is 14.5 Å². The summed E-state index contributed by atoms with van der Waals surface area (Å²) in [4.78, 5) is 30.7. The van der Waals surface area contributed by atoms with Crippen molar-refractivity contribution in [3.05, 3.63) is 95.1 Å². The van der Waals surface area contributed by atoms with Gasteiger partial charge in [-0.25, -0.2) is 0 Å². The van der Waals surface area contributed by atoms with Gasteiger partial charge in [-0.05, 0) is 62.2 Å². The maximum atomic E-state index is 14.3. The van der Waals surface area contributed by atoms with Crippen molar-refractivity contribution in [3.8, 4) is 5.75 Å². The van der Waals surface area contributed by atoms with E-state index in [1.54, 1.807) is 48.0 Å². The maximum absolute atomic E-state index is 14.3. The fourth-order valence-corrected chi connectivity index (χ4v) is 6.69. The van der Waals surface area contributed by atoms with Gasteiger partial charge in [0.2, 0.25) is 0 Å². The number of hydrogen-bond acceptors (Lipinski definition) is 4. The molecule has 2 amide bonds. The lowest BCUT2D eigenvalue weighted by atomic mass is 10.0. The highest BCUT2D eigenvalue weighted by molar-refractivity contribution is 8.02. The van der Waals surface area contributed by atoms with E-state index in [4.69, 9.17) is 4.74 Å². The molecule has 0 N–H and O–H groups in total. The van der Waals surface area contributed by atoms with Crippen LogP contribution in [0.5, 0.6) is 5.75 Å². The van der Waals surface area contributed by atoms with Crippen LogP contribution in [-0.2, 0) is 16.2 Å². The molecule has 3 aromatic rings. The molecule has 2 aliphatic heterocycles. The smallest absolute Gasteiger partial charge is 0.268 e. The number of anilines is 1. The van der Waals surface area contributed by atoms with Crippen molar-refractivity contribution in [1.29, 1.82) is 0 Å². The molecule has 0 radical (unpaired) electrons. The number of amides is 2. The number of ether oxygens (including phenoxy) is 1. The van der Waals surface area contributed by atoms with Crippen LogP contribution in [0.2, 0.25) is 0 Å². The first-order valence-electron chi connectivity index (χ1n) is 11.4. The number of fused-ring (bicyclic) bond motifs is 2. The second-order valence-corrected chi connectivity index (χ2v) is 11.4. The first-order chi connectivity index (χ1) is 16.3. The van der Waals surface area contributed by atoms with Gasteiger partial charge >= 0.3 is 0 Å². The fourth-order valence-electron chi connectivity index (χ4n) is 4.96. The van der Waals surface area contributed by atoms with Gasteiger partial charge in [0.25, 0.3) is 11.8 Å². The molecule has 0 aromatic heterocycles. The van der Waals surface area contributed by atoms with Crippen LogP contribution < -0.4 is 9.64 Å². The zero-order valence-corrected chi connectivity index (χ0v) is 20.7. The summed E-state index contributed by atoms with van der Waals surface area (Å²) >= 11 is 1.58. The van der Waals surface area contributed by atoms with Crippen LogP contribution in [0.3, 0.4) is 0 Å². The van der Waals surface area contributed by atoms with Crippen molar-refractivity contribution in [2.24, 2.45) is 0 Å². The lowest BCUT2D eigenvalue weighted by molar-refractivity contribution is -0.123. The van der Waals surface area contributed by atoms with Crippen molar-refractivity contribution < 1.29 is 14.3 Å². The number of carbonyl (C=O) groups is 2. The number of para-hydroxylation sites is 1. The zero-order chi connectivity index (χ0) is 24.1. The monoisotopic (exact) mass is 472 g/mol. The van der Waals surface area contributed by atoms with Gasteiger partial charge in [-0.2, -0.15) is 0 Å². The van der Waals surface area contributed by atoms with E-state index in [2.05, 4.69) is 32.9 Å². The first kappa shape index (κ1) is 22.5. The maximum Gasteiger partial charge on any atom is 0.268 e. The Morgan fingerprint density at radius 2 is 1.68 bits per heavy atom. The molecule has 34 heavy (non-hydrogen) atoms. The van der Waals surface area contributed by atoms with E-state index in [-0.39, 0.29) is 16.6 Å². The number of hydrogen-bond donors (Lipinski definition) is 0. The van der Waals surface area contributed by atoms with Crippen LogP contribution in [0, 0.1) is 6.92 Å². The Labute approximate surface area is 204 Å². The summed E-state index contributed by atoms with van der Waals surface area (Å²) in [6.45, 7) is 7.20. The summed E-state index contributed by atoms with van der Waals surface area (Å²) in [5, 5.41) is 0. The summed E-state index contributed by atoms with van der Waals surface area (Å²) in [5.74, 6) is 0.477. The Morgan fingerprint density at radius 1 is 1.00 bits per heavy atom. The van der Waals surface area contributed by atoms with Gasteiger partial charge in [0, 0.05) is 22.4 Å². The van der Waals surface area contributed by atoms with Crippen molar-refractivity contribution in [2.75, 3.05) is 18.6 Å². The largest absolute Gasteiger partial charge is 0.497 e. The third-order valence-electron chi connectivity index (χ3n) is 6.61. The summed E-state index contributed by atoms with van der Waals surface area (Å²) in [5.41, 5.74) is 4.53. The molecule has 0 saturated carbocycles. The highest BCUT2D eigenvalue weighted by atomic mass is 32.2. The second kappa shape index (κ2) is 8.20. The second-order valence-electron chi connectivity index (χ2n) is 9.46. The number of methoxy groups -OCH3 is 1. The number of benzene rings is 3. The molecular weight excluding hydrogens is 444 g/mol. The molecule has 2 heterocycles. The number of aryl methyl sites for hydroxylation is 1. The molecule has 5 rings (SSSR count). The molecule has 2 aliphatic rings. The Hall–Kier alpha value is -3.25. The minimum atomic E-state index is -1.10. The molecule has 1 atom stereocenters. The van der Waals surface area contributed by atoms with E-state index in [1.165, 1.54) is 0 Å². The minimum Gasteiger partial charge on any atom is -0.497 e. The van der Waals surface area contributed by atoms with Crippen LogP contribution in [0.25, 0.3) is 0 Å². The fraction of sp³-hybridized carbons (Fsp3) is 0.286. The number of nitrogens with zero attached hydrogens (tertiary/aromatic N) is 2. The molecule has 1 saturated heterocycles. The van der Waals surface area contributed by atoms with Crippen LogP contribution in [0.4, 0.5) is 5.69 Å². The molecule has 1 fully saturated rings. The molecule has 1 unspecified atom stereocenters. The van der Waals surface area contributed by atoms with Crippen molar-refractivity contribution >= 4 is 29.3 Å². The van der Waals surface area contributed by atoms with E-state index >= 15 is 0 Å². The van der Waals surface area contributed by atoms with Crippen LogP contribution in [0.15, 0.2) is 72.8 Å². The standard InChI is InChI=1S/C28H28N2O3S/c1-19-9-5-6-10-21(19)17-29-24-12-8-7-11-23(24)28(26(29)32)30(18-27(2,3)34-28)25(31)20-13-15-22(33-4)16-14-20/h5-16H,17-18H2,1-4H3. The normalized spacial score (nSPS) is 20.6. The average Bonchev–Trinajstić information content (AvgIpc) is 3.26.